The van der Waals surface area contributed by atoms with Crippen molar-refractivity contribution in [3.8, 4) is 11.5 Å². The van der Waals surface area contributed by atoms with Crippen molar-refractivity contribution in [1.29, 1.82) is 0 Å². The third-order valence-electron chi connectivity index (χ3n) is 4.01. The maximum atomic E-state index is 12.5. The minimum Gasteiger partial charge on any atom is -0.493 e. The Kier molecular flexibility index (Phi) is 4.63. The zero-order valence-corrected chi connectivity index (χ0v) is 15.7. The van der Waals surface area contributed by atoms with Gasteiger partial charge in [-0.25, -0.2) is 0 Å². The minimum atomic E-state index is -0.351. The topological polar surface area (TPSA) is 70.6 Å². The SMILES string of the molecule is CCn1nc(C(=O)N=c2sc3cc(OC)c(OC)cc3n2C)cc1C. The molecule has 0 saturated carbocycles. The summed E-state index contributed by atoms with van der Waals surface area (Å²) in [4.78, 5) is 17.3. The van der Waals surface area contributed by atoms with Crippen molar-refractivity contribution in [2.24, 2.45) is 12.0 Å². The first kappa shape index (κ1) is 17.2. The van der Waals surface area contributed by atoms with Crippen LogP contribution in [0.5, 0.6) is 11.5 Å². The first-order chi connectivity index (χ1) is 12.0. The first-order valence-electron chi connectivity index (χ1n) is 7.83. The number of methoxy groups -OCH3 is 2. The van der Waals surface area contributed by atoms with E-state index in [1.165, 1.54) is 11.3 Å². The number of ether oxygens (including phenoxy) is 2. The number of benzene rings is 1. The van der Waals surface area contributed by atoms with Crippen molar-refractivity contribution in [3.63, 3.8) is 0 Å². The van der Waals surface area contributed by atoms with Gasteiger partial charge in [0.1, 0.15) is 0 Å². The van der Waals surface area contributed by atoms with Crippen molar-refractivity contribution in [1.82, 2.24) is 14.3 Å². The molecule has 1 aromatic carbocycles. The molecule has 0 aliphatic carbocycles. The highest BCUT2D eigenvalue weighted by Crippen LogP contribution is 2.33. The van der Waals surface area contributed by atoms with Gasteiger partial charge in [0.15, 0.2) is 22.0 Å². The van der Waals surface area contributed by atoms with Crippen molar-refractivity contribution in [3.05, 3.63) is 34.4 Å². The number of carbonyl (C=O) groups excluding carboxylic acids is 1. The van der Waals surface area contributed by atoms with Crippen LogP contribution in [0, 0.1) is 6.92 Å². The lowest BCUT2D eigenvalue weighted by atomic mass is 10.3. The van der Waals surface area contributed by atoms with Crippen LogP contribution in [0.15, 0.2) is 23.2 Å². The summed E-state index contributed by atoms with van der Waals surface area (Å²) in [5.41, 5.74) is 2.22. The Hall–Kier alpha value is -2.61. The largest absolute Gasteiger partial charge is 0.493 e. The summed E-state index contributed by atoms with van der Waals surface area (Å²) < 4.78 is 15.3. The van der Waals surface area contributed by atoms with Gasteiger partial charge in [-0.05, 0) is 19.9 Å². The zero-order chi connectivity index (χ0) is 18.1. The van der Waals surface area contributed by atoms with Crippen molar-refractivity contribution >= 4 is 27.5 Å². The average Bonchev–Trinajstić information content (AvgIpc) is 3.14. The molecule has 0 saturated heterocycles. The van der Waals surface area contributed by atoms with Gasteiger partial charge in [0.05, 0.1) is 24.4 Å². The lowest BCUT2D eigenvalue weighted by Crippen LogP contribution is -2.13. The van der Waals surface area contributed by atoms with Crippen molar-refractivity contribution in [2.45, 2.75) is 20.4 Å². The van der Waals surface area contributed by atoms with E-state index in [9.17, 15) is 4.79 Å². The second kappa shape index (κ2) is 6.72. The quantitative estimate of drug-likeness (QED) is 0.717. The van der Waals surface area contributed by atoms with Gasteiger partial charge in [0.2, 0.25) is 0 Å². The van der Waals surface area contributed by atoms with Crippen LogP contribution in [0.1, 0.15) is 23.1 Å². The number of amides is 1. The van der Waals surface area contributed by atoms with Crippen LogP contribution in [0.25, 0.3) is 10.2 Å². The van der Waals surface area contributed by atoms with Crippen LogP contribution in [0.3, 0.4) is 0 Å². The third-order valence-corrected chi connectivity index (χ3v) is 5.11. The van der Waals surface area contributed by atoms with Gasteiger partial charge < -0.3 is 14.0 Å². The monoisotopic (exact) mass is 360 g/mol. The number of aromatic nitrogens is 3. The molecule has 0 N–H and O–H groups in total. The lowest BCUT2D eigenvalue weighted by molar-refractivity contribution is 0.0992. The summed E-state index contributed by atoms with van der Waals surface area (Å²) >= 11 is 1.42. The summed E-state index contributed by atoms with van der Waals surface area (Å²) in [6.07, 6.45) is 0. The maximum absolute atomic E-state index is 12.5. The van der Waals surface area contributed by atoms with Crippen molar-refractivity contribution < 1.29 is 14.3 Å². The molecule has 3 aromatic rings. The minimum absolute atomic E-state index is 0.351. The van der Waals surface area contributed by atoms with Crippen LogP contribution in [0.4, 0.5) is 0 Å². The smallest absolute Gasteiger partial charge is 0.300 e. The summed E-state index contributed by atoms with van der Waals surface area (Å²) in [5.74, 6) is 0.932. The molecule has 0 fully saturated rings. The fraction of sp³-hybridized carbons (Fsp3) is 0.353. The fourth-order valence-corrected chi connectivity index (χ4v) is 3.67. The van der Waals surface area contributed by atoms with E-state index in [2.05, 4.69) is 10.1 Å². The molecule has 2 heterocycles. The summed E-state index contributed by atoms with van der Waals surface area (Å²) in [5, 5.41) is 4.29. The van der Waals surface area contributed by atoms with Crippen molar-refractivity contribution in [2.75, 3.05) is 14.2 Å². The Bertz CT molecular complexity index is 1010. The molecule has 132 valence electrons. The summed E-state index contributed by atoms with van der Waals surface area (Å²) in [6.45, 7) is 4.62. The number of hydrogen-bond donors (Lipinski definition) is 0. The van der Waals surface area contributed by atoms with E-state index in [0.29, 0.717) is 22.0 Å². The number of nitrogens with zero attached hydrogens (tertiary/aromatic N) is 4. The van der Waals surface area contributed by atoms with E-state index in [-0.39, 0.29) is 5.91 Å². The number of aryl methyl sites for hydroxylation is 3. The highest BCUT2D eigenvalue weighted by atomic mass is 32.1. The second-order valence-electron chi connectivity index (χ2n) is 5.52. The maximum Gasteiger partial charge on any atom is 0.300 e. The number of hydrogen-bond acceptors (Lipinski definition) is 5. The normalized spacial score (nSPS) is 12.0. The second-order valence-corrected chi connectivity index (χ2v) is 6.53. The van der Waals surface area contributed by atoms with Gasteiger partial charge in [-0.2, -0.15) is 10.1 Å². The van der Waals surface area contributed by atoms with Gasteiger partial charge in [-0.3, -0.25) is 9.48 Å². The van der Waals surface area contributed by atoms with E-state index >= 15 is 0 Å². The van der Waals surface area contributed by atoms with Crippen LogP contribution in [-0.4, -0.2) is 34.5 Å². The standard InChI is InChI=1S/C17H20N4O3S/c1-6-21-10(2)7-11(19-21)16(22)18-17-20(3)12-8-13(23-4)14(24-5)9-15(12)25-17/h7-9H,6H2,1-5H3. The van der Waals surface area contributed by atoms with Crippen LogP contribution >= 0.6 is 11.3 Å². The fourth-order valence-electron chi connectivity index (χ4n) is 2.64. The molecular weight excluding hydrogens is 340 g/mol. The Morgan fingerprint density at radius 1 is 1.24 bits per heavy atom. The molecule has 0 unspecified atom stereocenters. The van der Waals surface area contributed by atoms with Gasteiger partial charge in [-0.15, -0.1) is 0 Å². The molecule has 7 nitrogen and oxygen atoms in total. The van der Waals surface area contributed by atoms with E-state index in [0.717, 1.165) is 22.5 Å². The Morgan fingerprint density at radius 2 is 1.92 bits per heavy atom. The number of carbonyl (C=O) groups is 1. The summed E-state index contributed by atoms with van der Waals surface area (Å²) in [7, 11) is 5.06. The molecule has 3 rings (SSSR count). The molecule has 0 bridgehead atoms. The van der Waals surface area contributed by atoms with Crippen LogP contribution in [-0.2, 0) is 13.6 Å². The molecule has 1 amide bonds. The van der Waals surface area contributed by atoms with Crippen LogP contribution < -0.4 is 14.3 Å². The van der Waals surface area contributed by atoms with E-state index in [4.69, 9.17) is 9.47 Å². The Balaban J connectivity index is 2.09. The molecule has 0 spiro atoms. The van der Waals surface area contributed by atoms with Gasteiger partial charge in [-0.1, -0.05) is 11.3 Å². The highest BCUT2D eigenvalue weighted by molar-refractivity contribution is 7.16. The number of rotatable bonds is 4. The van der Waals surface area contributed by atoms with E-state index in [1.54, 1.807) is 25.0 Å². The molecule has 8 heteroatoms. The molecule has 0 aliphatic rings. The Labute approximate surface area is 149 Å². The zero-order valence-electron chi connectivity index (χ0n) is 14.9. The van der Waals surface area contributed by atoms with Gasteiger partial charge >= 0.3 is 0 Å². The lowest BCUT2D eigenvalue weighted by Gasteiger charge is -2.07. The Morgan fingerprint density at radius 3 is 2.52 bits per heavy atom. The highest BCUT2D eigenvalue weighted by Gasteiger charge is 2.14. The first-order valence-corrected chi connectivity index (χ1v) is 8.65. The number of thiazole rings is 1. The molecule has 2 aromatic heterocycles. The molecular formula is C17H20N4O3S. The van der Waals surface area contributed by atoms with E-state index < -0.39 is 0 Å². The van der Waals surface area contributed by atoms with Gasteiger partial charge in [0, 0.05) is 31.4 Å². The third kappa shape index (κ3) is 3.05. The average molecular weight is 360 g/mol. The van der Waals surface area contributed by atoms with E-state index in [1.807, 2.05) is 37.6 Å². The molecule has 0 atom stereocenters. The van der Waals surface area contributed by atoms with Gasteiger partial charge in [0.25, 0.3) is 5.91 Å². The predicted molar refractivity (Wildman–Crippen MR) is 96.4 cm³/mol. The molecule has 0 radical (unpaired) electrons. The summed E-state index contributed by atoms with van der Waals surface area (Å²) in [6, 6.07) is 5.52. The molecule has 0 aliphatic heterocycles. The van der Waals surface area contributed by atoms with Crippen LogP contribution in [0.2, 0.25) is 0 Å². The predicted octanol–water partition coefficient (Wildman–Crippen LogP) is 2.52. The molecule has 25 heavy (non-hydrogen) atoms. The number of fused-ring (bicyclic) bond motifs is 1.